The maximum Gasteiger partial charge on any atom is 0.260 e. The molecule has 4 aliphatic rings. The van der Waals surface area contributed by atoms with Gasteiger partial charge in [-0.3, -0.25) is 4.79 Å². The number of hydrogen-bond donors (Lipinski definition) is 0. The van der Waals surface area contributed by atoms with E-state index in [4.69, 9.17) is 23.7 Å². The molecule has 2 saturated heterocycles. The number of benzene rings is 2. The molecule has 2 aromatic rings. The molecule has 2 aliphatic carbocycles. The first-order chi connectivity index (χ1) is 20.6. The first kappa shape index (κ1) is 28.9. The third-order valence-corrected chi connectivity index (χ3v) is 9.36. The van der Waals surface area contributed by atoms with E-state index in [1.807, 2.05) is 35.2 Å². The molecule has 4 fully saturated rings. The smallest absolute Gasteiger partial charge is 0.260 e. The fraction of sp³-hybridized carbons (Fsp3) is 0.571. The molecule has 2 heterocycles. The van der Waals surface area contributed by atoms with E-state index in [1.54, 1.807) is 7.11 Å². The number of nitrogens with zero attached hydrogens (tertiary/aromatic N) is 1. The third kappa shape index (κ3) is 6.55. The Hall–Kier alpha value is -3.21. The summed E-state index contributed by atoms with van der Waals surface area (Å²) < 4.78 is 30.1. The van der Waals surface area contributed by atoms with E-state index in [0.717, 1.165) is 87.1 Å². The van der Waals surface area contributed by atoms with Crippen LogP contribution in [0, 0.1) is 11.8 Å². The van der Waals surface area contributed by atoms with Crippen LogP contribution in [0.1, 0.15) is 81.8 Å². The van der Waals surface area contributed by atoms with Crippen molar-refractivity contribution < 1.29 is 28.5 Å². The summed E-state index contributed by atoms with van der Waals surface area (Å²) in [5, 5.41) is 0. The predicted octanol–water partition coefficient (Wildman–Crippen LogP) is 6.01. The molecular weight excluding hydrogens is 530 g/mol. The molecule has 6 rings (SSSR count). The lowest BCUT2D eigenvalue weighted by atomic mass is 9.68. The van der Waals surface area contributed by atoms with Gasteiger partial charge in [-0.1, -0.05) is 17.9 Å². The summed E-state index contributed by atoms with van der Waals surface area (Å²) in [7, 11) is 1.70. The van der Waals surface area contributed by atoms with Crippen LogP contribution in [-0.4, -0.2) is 62.7 Å². The van der Waals surface area contributed by atoms with Crippen molar-refractivity contribution in [1.82, 2.24) is 4.90 Å². The molecule has 2 aromatic carbocycles. The van der Waals surface area contributed by atoms with Crippen molar-refractivity contribution in [2.75, 3.05) is 40.0 Å². The molecule has 7 heteroatoms. The van der Waals surface area contributed by atoms with Crippen LogP contribution in [0.3, 0.4) is 0 Å². The van der Waals surface area contributed by atoms with Crippen LogP contribution in [0.2, 0.25) is 0 Å². The minimum atomic E-state index is -0.481. The number of likely N-dealkylation sites (tertiary alicyclic amines) is 1. The largest absolute Gasteiger partial charge is 0.493 e. The Morgan fingerprint density at radius 2 is 1.62 bits per heavy atom. The summed E-state index contributed by atoms with van der Waals surface area (Å²) in [4.78, 5) is 14.4. The number of carbonyl (C=O) groups is 1. The molecule has 0 atom stereocenters. The van der Waals surface area contributed by atoms with E-state index in [0.29, 0.717) is 19.0 Å². The summed E-state index contributed by atoms with van der Waals surface area (Å²) in [5.41, 5.74) is 1.69. The van der Waals surface area contributed by atoms with Crippen LogP contribution >= 0.6 is 0 Å². The Bertz CT molecular complexity index is 1270. The van der Waals surface area contributed by atoms with Crippen LogP contribution in [0.25, 0.3) is 0 Å². The monoisotopic (exact) mass is 573 g/mol. The van der Waals surface area contributed by atoms with Crippen LogP contribution < -0.4 is 14.2 Å². The fourth-order valence-electron chi connectivity index (χ4n) is 6.79. The average molecular weight is 574 g/mol. The Balaban J connectivity index is 1.20. The molecular formula is C35H43NO6. The van der Waals surface area contributed by atoms with Gasteiger partial charge in [-0.15, -0.1) is 0 Å². The van der Waals surface area contributed by atoms with Gasteiger partial charge in [0.2, 0.25) is 0 Å². The number of piperidine rings is 1. The van der Waals surface area contributed by atoms with Gasteiger partial charge in [-0.05, 0) is 99.7 Å². The summed E-state index contributed by atoms with van der Waals surface area (Å²) in [6, 6.07) is 14.0. The second kappa shape index (κ2) is 13.0. The second-order valence-corrected chi connectivity index (χ2v) is 12.1. The van der Waals surface area contributed by atoms with Crippen molar-refractivity contribution in [3.63, 3.8) is 0 Å². The highest BCUT2D eigenvalue weighted by molar-refractivity contribution is 5.77. The summed E-state index contributed by atoms with van der Waals surface area (Å²) in [6.07, 6.45) is 11.4. The molecule has 7 nitrogen and oxygen atoms in total. The lowest BCUT2D eigenvalue weighted by Gasteiger charge is -2.41. The fourth-order valence-corrected chi connectivity index (χ4v) is 6.79. The van der Waals surface area contributed by atoms with Crippen molar-refractivity contribution in [3.05, 3.63) is 53.6 Å². The maximum atomic E-state index is 12.5. The predicted molar refractivity (Wildman–Crippen MR) is 160 cm³/mol. The SMILES string of the molecule is COc1ccc(C2(C#Cc3ccc(OCC(=O)N4CCCCC4)cc3)CCC3(CC2)OCCO3)cc1OC1CCCC1. The highest BCUT2D eigenvalue weighted by atomic mass is 16.7. The number of hydrogen-bond acceptors (Lipinski definition) is 6. The Morgan fingerprint density at radius 1 is 0.905 bits per heavy atom. The first-order valence-corrected chi connectivity index (χ1v) is 15.7. The normalized spacial score (nSPS) is 21.5. The third-order valence-electron chi connectivity index (χ3n) is 9.36. The van der Waals surface area contributed by atoms with Gasteiger partial charge in [0.1, 0.15) is 5.75 Å². The maximum absolute atomic E-state index is 12.5. The van der Waals surface area contributed by atoms with E-state index in [9.17, 15) is 4.79 Å². The summed E-state index contributed by atoms with van der Waals surface area (Å²) in [6.45, 7) is 3.04. The van der Waals surface area contributed by atoms with Crippen LogP contribution in [-0.2, 0) is 19.7 Å². The van der Waals surface area contributed by atoms with Crippen molar-refractivity contribution in [2.24, 2.45) is 0 Å². The average Bonchev–Trinajstić information content (AvgIpc) is 3.73. The molecule has 1 spiro atoms. The van der Waals surface area contributed by atoms with Crippen LogP contribution in [0.4, 0.5) is 0 Å². The molecule has 0 bridgehead atoms. The Morgan fingerprint density at radius 3 is 2.31 bits per heavy atom. The van der Waals surface area contributed by atoms with Crippen molar-refractivity contribution >= 4 is 5.91 Å². The second-order valence-electron chi connectivity index (χ2n) is 12.1. The van der Waals surface area contributed by atoms with Gasteiger partial charge in [0.25, 0.3) is 5.91 Å². The van der Waals surface area contributed by atoms with Crippen molar-refractivity contribution in [2.45, 2.75) is 87.9 Å². The highest BCUT2D eigenvalue weighted by Crippen LogP contribution is 2.48. The van der Waals surface area contributed by atoms with E-state index in [2.05, 4.69) is 24.0 Å². The molecule has 0 aromatic heterocycles. The van der Waals surface area contributed by atoms with E-state index in [1.165, 1.54) is 19.3 Å². The number of ether oxygens (including phenoxy) is 5. The highest BCUT2D eigenvalue weighted by Gasteiger charge is 2.46. The number of rotatable bonds is 7. The molecule has 2 saturated carbocycles. The van der Waals surface area contributed by atoms with Crippen LogP contribution in [0.5, 0.6) is 17.2 Å². The minimum absolute atomic E-state index is 0.0570. The molecule has 0 radical (unpaired) electrons. The number of carbonyl (C=O) groups excluding carboxylic acids is 1. The minimum Gasteiger partial charge on any atom is -0.493 e. The first-order valence-electron chi connectivity index (χ1n) is 15.7. The van der Waals surface area contributed by atoms with E-state index in [-0.39, 0.29) is 24.0 Å². The van der Waals surface area contributed by atoms with E-state index < -0.39 is 5.79 Å². The topological polar surface area (TPSA) is 66.5 Å². The Kier molecular flexibility index (Phi) is 8.92. The lowest BCUT2D eigenvalue weighted by molar-refractivity contribution is -0.182. The summed E-state index contributed by atoms with van der Waals surface area (Å²) >= 11 is 0. The molecule has 224 valence electrons. The van der Waals surface area contributed by atoms with Crippen molar-refractivity contribution in [3.8, 4) is 29.1 Å². The number of methoxy groups -OCH3 is 1. The van der Waals surface area contributed by atoms with Gasteiger partial charge >= 0.3 is 0 Å². The molecule has 0 N–H and O–H groups in total. The lowest BCUT2D eigenvalue weighted by Crippen LogP contribution is -2.41. The number of amides is 1. The zero-order chi connectivity index (χ0) is 28.8. The molecule has 2 aliphatic heterocycles. The molecule has 42 heavy (non-hydrogen) atoms. The van der Waals surface area contributed by atoms with E-state index >= 15 is 0 Å². The Labute approximate surface area is 249 Å². The van der Waals surface area contributed by atoms with Crippen molar-refractivity contribution in [1.29, 1.82) is 0 Å². The quantitative estimate of drug-likeness (QED) is 0.378. The standard InChI is InChI=1S/C35H43NO6/c1-38-31-14-11-28(25-32(31)42-30-7-3-4-8-30)34(17-19-35(20-18-34)40-23-24-41-35)16-15-27-9-12-29(13-10-27)39-26-33(37)36-21-5-2-6-22-36/h9-14,25,30H,2-8,17-24,26H2,1H3. The van der Waals surface area contributed by atoms with Gasteiger partial charge in [0.15, 0.2) is 23.9 Å². The zero-order valence-corrected chi connectivity index (χ0v) is 24.8. The zero-order valence-electron chi connectivity index (χ0n) is 24.8. The molecule has 0 unspecified atom stereocenters. The van der Waals surface area contributed by atoms with Crippen LogP contribution in [0.15, 0.2) is 42.5 Å². The molecule has 1 amide bonds. The van der Waals surface area contributed by atoms with Gasteiger partial charge < -0.3 is 28.6 Å². The van der Waals surface area contributed by atoms with Gasteiger partial charge in [-0.25, -0.2) is 0 Å². The summed E-state index contributed by atoms with van der Waals surface area (Å²) in [5.74, 6) is 8.97. The van der Waals surface area contributed by atoms with Gasteiger partial charge in [-0.2, -0.15) is 0 Å². The van der Waals surface area contributed by atoms with Gasteiger partial charge in [0.05, 0.1) is 31.8 Å². The van der Waals surface area contributed by atoms with Gasteiger partial charge in [0, 0.05) is 31.5 Å².